The van der Waals surface area contributed by atoms with Crippen LogP contribution in [-0.4, -0.2) is 68.8 Å². The zero-order valence-corrected chi connectivity index (χ0v) is 21.5. The number of hydrogen-bond acceptors (Lipinski definition) is 7. The van der Waals surface area contributed by atoms with E-state index in [2.05, 4.69) is 43.6 Å². The second-order valence-corrected chi connectivity index (χ2v) is 10.4. The van der Waals surface area contributed by atoms with Crippen molar-refractivity contribution in [1.82, 2.24) is 29.5 Å². The zero-order valence-electron chi connectivity index (χ0n) is 21.5. The highest BCUT2D eigenvalue weighted by atomic mass is 16.5. The van der Waals surface area contributed by atoms with Crippen LogP contribution in [-0.2, 0) is 6.61 Å². The SMILES string of the molecule is CN1CCN(C2CCC(n3nc(-c4ccc(OCc5ccccc5)cc4)c4c(N)ncnc43)CC2)CC1. The molecule has 0 unspecified atom stereocenters. The fourth-order valence-electron chi connectivity index (χ4n) is 5.76. The average Bonchev–Trinajstić information content (AvgIpc) is 3.34. The monoisotopic (exact) mass is 497 g/mol. The molecule has 1 saturated heterocycles. The number of nitrogens with zero attached hydrogens (tertiary/aromatic N) is 6. The van der Waals surface area contributed by atoms with Crippen LogP contribution in [0.3, 0.4) is 0 Å². The third kappa shape index (κ3) is 5.04. The van der Waals surface area contributed by atoms with E-state index in [1.807, 2.05) is 42.5 Å². The van der Waals surface area contributed by atoms with Gasteiger partial charge in [0.15, 0.2) is 5.65 Å². The van der Waals surface area contributed by atoms with Gasteiger partial charge in [0.2, 0.25) is 0 Å². The number of fused-ring (bicyclic) bond motifs is 1. The number of anilines is 1. The van der Waals surface area contributed by atoms with E-state index in [0.29, 0.717) is 24.5 Å². The predicted molar refractivity (Wildman–Crippen MR) is 146 cm³/mol. The second kappa shape index (κ2) is 10.5. The molecule has 2 N–H and O–H groups in total. The van der Waals surface area contributed by atoms with Gasteiger partial charge in [0.1, 0.15) is 30.2 Å². The average molecular weight is 498 g/mol. The summed E-state index contributed by atoms with van der Waals surface area (Å²) in [4.78, 5) is 14.0. The van der Waals surface area contributed by atoms with Crippen LogP contribution < -0.4 is 10.5 Å². The Hall–Kier alpha value is -3.49. The van der Waals surface area contributed by atoms with Crippen LogP contribution >= 0.6 is 0 Å². The van der Waals surface area contributed by atoms with Crippen molar-refractivity contribution in [2.24, 2.45) is 0 Å². The first-order valence-corrected chi connectivity index (χ1v) is 13.3. The van der Waals surface area contributed by atoms with E-state index in [4.69, 9.17) is 15.6 Å². The molecule has 0 bridgehead atoms. The van der Waals surface area contributed by atoms with Crippen molar-refractivity contribution in [1.29, 1.82) is 0 Å². The highest BCUT2D eigenvalue weighted by Gasteiger charge is 2.30. The Morgan fingerprint density at radius 3 is 2.30 bits per heavy atom. The summed E-state index contributed by atoms with van der Waals surface area (Å²) in [6.07, 6.45) is 6.14. The van der Waals surface area contributed by atoms with Gasteiger partial charge >= 0.3 is 0 Å². The van der Waals surface area contributed by atoms with Crippen LogP contribution in [0.25, 0.3) is 22.3 Å². The molecule has 4 aromatic rings. The molecule has 0 spiro atoms. The maximum absolute atomic E-state index is 6.37. The Balaban J connectivity index is 1.20. The zero-order chi connectivity index (χ0) is 25.2. The predicted octanol–water partition coefficient (Wildman–Crippen LogP) is 4.39. The van der Waals surface area contributed by atoms with E-state index >= 15 is 0 Å². The standard InChI is InChI=1S/C29H35N7O/c1-34-15-17-35(18-16-34)23-9-11-24(12-10-23)36-29-26(28(30)31-20-32-29)27(33-36)22-7-13-25(14-8-22)37-19-21-5-3-2-4-6-21/h2-8,13-14,20,23-24H,9-12,15-19H2,1H3,(H2,30,31,32). The summed E-state index contributed by atoms with van der Waals surface area (Å²) >= 11 is 0. The fraction of sp³-hybridized carbons (Fsp3) is 0.414. The molecule has 8 nitrogen and oxygen atoms in total. The van der Waals surface area contributed by atoms with Gasteiger partial charge in [-0.05, 0) is 62.6 Å². The minimum atomic E-state index is 0.322. The minimum Gasteiger partial charge on any atom is -0.489 e. The third-order valence-corrected chi connectivity index (χ3v) is 7.96. The van der Waals surface area contributed by atoms with E-state index in [9.17, 15) is 0 Å². The second-order valence-electron chi connectivity index (χ2n) is 10.4. The summed E-state index contributed by atoms with van der Waals surface area (Å²) in [6.45, 7) is 5.22. The van der Waals surface area contributed by atoms with E-state index in [1.54, 1.807) is 6.33 Å². The molecular weight excluding hydrogens is 462 g/mol. The van der Waals surface area contributed by atoms with Crippen LogP contribution in [0.2, 0.25) is 0 Å². The molecule has 6 rings (SSSR count). The number of likely N-dealkylation sites (N-methyl/N-ethyl adjacent to an activating group) is 1. The van der Waals surface area contributed by atoms with Crippen molar-refractivity contribution in [3.05, 3.63) is 66.5 Å². The molecule has 0 radical (unpaired) electrons. The van der Waals surface area contributed by atoms with Gasteiger partial charge in [-0.25, -0.2) is 14.6 Å². The molecule has 2 aliphatic rings. The maximum Gasteiger partial charge on any atom is 0.164 e. The Bertz CT molecular complexity index is 1320. The van der Waals surface area contributed by atoms with Crippen LogP contribution in [0.5, 0.6) is 5.75 Å². The normalized spacial score (nSPS) is 21.3. The van der Waals surface area contributed by atoms with Crippen molar-refractivity contribution in [3.63, 3.8) is 0 Å². The number of aromatic nitrogens is 4. The van der Waals surface area contributed by atoms with Gasteiger partial charge in [0.25, 0.3) is 0 Å². The molecule has 1 aliphatic carbocycles. The molecular formula is C29H35N7O. The van der Waals surface area contributed by atoms with Crippen molar-refractivity contribution in [3.8, 4) is 17.0 Å². The largest absolute Gasteiger partial charge is 0.489 e. The smallest absolute Gasteiger partial charge is 0.164 e. The number of ether oxygens (including phenoxy) is 1. The molecule has 0 amide bonds. The number of benzene rings is 2. The van der Waals surface area contributed by atoms with Crippen molar-refractivity contribution < 1.29 is 4.74 Å². The Morgan fingerprint density at radius 2 is 1.57 bits per heavy atom. The van der Waals surface area contributed by atoms with Gasteiger partial charge in [-0.1, -0.05) is 30.3 Å². The van der Waals surface area contributed by atoms with Gasteiger partial charge in [0, 0.05) is 37.8 Å². The molecule has 37 heavy (non-hydrogen) atoms. The Labute approximate surface area is 218 Å². The maximum atomic E-state index is 6.37. The minimum absolute atomic E-state index is 0.322. The van der Waals surface area contributed by atoms with Gasteiger partial charge < -0.3 is 15.4 Å². The van der Waals surface area contributed by atoms with E-state index in [1.165, 1.54) is 39.0 Å². The number of rotatable bonds is 6. The molecule has 1 saturated carbocycles. The first kappa shape index (κ1) is 23.9. The number of piperazine rings is 1. The summed E-state index contributed by atoms with van der Waals surface area (Å²) in [5.74, 6) is 1.30. The van der Waals surface area contributed by atoms with E-state index in [0.717, 1.165) is 46.4 Å². The molecule has 192 valence electrons. The van der Waals surface area contributed by atoms with E-state index in [-0.39, 0.29) is 0 Å². The summed E-state index contributed by atoms with van der Waals surface area (Å²) < 4.78 is 8.09. The van der Waals surface area contributed by atoms with E-state index < -0.39 is 0 Å². The molecule has 0 atom stereocenters. The number of hydrogen-bond donors (Lipinski definition) is 1. The highest BCUT2D eigenvalue weighted by Crippen LogP contribution is 2.37. The summed E-state index contributed by atoms with van der Waals surface area (Å²) in [5.41, 5.74) is 10.2. The third-order valence-electron chi connectivity index (χ3n) is 7.96. The Kier molecular flexibility index (Phi) is 6.76. The quantitative estimate of drug-likeness (QED) is 0.423. The lowest BCUT2D eigenvalue weighted by molar-refractivity contribution is 0.0815. The van der Waals surface area contributed by atoms with Gasteiger partial charge in [-0.3, -0.25) is 4.90 Å². The van der Waals surface area contributed by atoms with Crippen LogP contribution in [0.4, 0.5) is 5.82 Å². The summed E-state index contributed by atoms with van der Waals surface area (Å²) in [7, 11) is 2.22. The molecule has 2 fully saturated rings. The molecule has 8 heteroatoms. The topological polar surface area (TPSA) is 85.3 Å². The molecule has 1 aliphatic heterocycles. The van der Waals surface area contributed by atoms with Gasteiger partial charge in [-0.2, -0.15) is 5.10 Å². The summed E-state index contributed by atoms with van der Waals surface area (Å²) in [6, 6.07) is 19.3. The first-order valence-electron chi connectivity index (χ1n) is 13.3. The van der Waals surface area contributed by atoms with Crippen molar-refractivity contribution in [2.75, 3.05) is 39.0 Å². The van der Waals surface area contributed by atoms with Crippen LogP contribution in [0.1, 0.15) is 37.3 Å². The van der Waals surface area contributed by atoms with Crippen LogP contribution in [0, 0.1) is 0 Å². The lowest BCUT2D eigenvalue weighted by Crippen LogP contribution is -2.49. The Morgan fingerprint density at radius 1 is 0.865 bits per heavy atom. The van der Waals surface area contributed by atoms with Gasteiger partial charge in [-0.15, -0.1) is 0 Å². The molecule has 2 aromatic heterocycles. The van der Waals surface area contributed by atoms with Gasteiger partial charge in [0.05, 0.1) is 11.4 Å². The molecule has 3 heterocycles. The van der Waals surface area contributed by atoms with Crippen molar-refractivity contribution in [2.45, 2.75) is 44.4 Å². The first-order chi connectivity index (χ1) is 18.2. The lowest BCUT2D eigenvalue weighted by atomic mass is 9.90. The van der Waals surface area contributed by atoms with Crippen LogP contribution in [0.15, 0.2) is 60.9 Å². The molecule has 2 aromatic carbocycles. The number of nitrogen functional groups attached to an aromatic ring is 1. The van der Waals surface area contributed by atoms with Crippen molar-refractivity contribution >= 4 is 16.9 Å². The fourth-order valence-corrected chi connectivity index (χ4v) is 5.76. The highest BCUT2D eigenvalue weighted by molar-refractivity contribution is 5.98. The summed E-state index contributed by atoms with van der Waals surface area (Å²) in [5, 5.41) is 5.92. The number of nitrogens with two attached hydrogens (primary N) is 1. The lowest BCUT2D eigenvalue weighted by Gasteiger charge is -2.41.